The molecule has 2 aromatic carbocycles. The van der Waals surface area contributed by atoms with Crippen LogP contribution >= 0.6 is 0 Å². The summed E-state index contributed by atoms with van der Waals surface area (Å²) in [5, 5.41) is 2.93. The maximum absolute atomic E-state index is 11.2. The quantitative estimate of drug-likeness (QED) is 0.808. The molecule has 4 nitrogen and oxygen atoms in total. The van der Waals surface area contributed by atoms with Gasteiger partial charge in [-0.15, -0.1) is 0 Å². The van der Waals surface area contributed by atoms with Gasteiger partial charge in [-0.05, 0) is 68.0 Å². The van der Waals surface area contributed by atoms with Gasteiger partial charge in [-0.1, -0.05) is 24.3 Å². The molecule has 1 aliphatic heterocycles. The van der Waals surface area contributed by atoms with Crippen LogP contribution in [0.4, 0.5) is 5.69 Å². The molecule has 144 valence electrons. The van der Waals surface area contributed by atoms with Gasteiger partial charge >= 0.3 is 0 Å². The predicted molar refractivity (Wildman–Crippen MR) is 110 cm³/mol. The third-order valence-corrected chi connectivity index (χ3v) is 5.34. The third-order valence-electron chi connectivity index (χ3n) is 5.34. The van der Waals surface area contributed by atoms with Crippen LogP contribution in [0, 0.1) is 0 Å². The highest BCUT2D eigenvalue weighted by atomic mass is 16.5. The lowest BCUT2D eigenvalue weighted by Crippen LogP contribution is -2.32. The summed E-state index contributed by atoms with van der Waals surface area (Å²) in [5.41, 5.74) is 3.81. The number of hydrogen-bond donors (Lipinski definition) is 1. The van der Waals surface area contributed by atoms with E-state index in [9.17, 15) is 4.79 Å². The lowest BCUT2D eigenvalue weighted by molar-refractivity contribution is -0.119. The normalized spacial score (nSPS) is 16.0. The number of carbonyl (C=O) groups excluding carboxylic acids is 1. The van der Waals surface area contributed by atoms with Crippen molar-refractivity contribution in [3.05, 3.63) is 59.7 Å². The van der Waals surface area contributed by atoms with Crippen LogP contribution in [-0.2, 0) is 4.79 Å². The first-order valence-electron chi connectivity index (χ1n) is 9.91. The Hall–Kier alpha value is -2.49. The van der Waals surface area contributed by atoms with E-state index in [1.54, 1.807) is 6.92 Å². The van der Waals surface area contributed by atoms with Crippen molar-refractivity contribution in [3.63, 3.8) is 0 Å². The van der Waals surface area contributed by atoms with Crippen LogP contribution in [-0.4, -0.2) is 25.6 Å². The summed E-state index contributed by atoms with van der Waals surface area (Å²) in [5.74, 6) is 1.58. The highest BCUT2D eigenvalue weighted by Gasteiger charge is 2.21. The second kappa shape index (κ2) is 8.94. The molecule has 0 saturated carbocycles. The van der Waals surface area contributed by atoms with Gasteiger partial charge < -0.3 is 15.0 Å². The third kappa shape index (κ3) is 5.03. The molecule has 27 heavy (non-hydrogen) atoms. The molecule has 1 N–H and O–H groups in total. The van der Waals surface area contributed by atoms with Gasteiger partial charge in [0.25, 0.3) is 0 Å². The average Bonchev–Trinajstić information content (AvgIpc) is 2.69. The number of benzene rings is 2. The number of carbonyl (C=O) groups is 1. The summed E-state index contributed by atoms with van der Waals surface area (Å²) in [6, 6.07) is 17.2. The Bertz CT molecular complexity index is 732. The summed E-state index contributed by atoms with van der Waals surface area (Å²) in [6.45, 7) is 8.42. The van der Waals surface area contributed by atoms with Crippen molar-refractivity contribution >= 4 is 11.6 Å². The van der Waals surface area contributed by atoms with Crippen molar-refractivity contribution in [3.8, 4) is 5.75 Å². The van der Waals surface area contributed by atoms with Crippen LogP contribution < -0.4 is 15.0 Å². The highest BCUT2D eigenvalue weighted by molar-refractivity contribution is 5.73. The largest absolute Gasteiger partial charge is 0.494 e. The average molecular weight is 367 g/mol. The van der Waals surface area contributed by atoms with Gasteiger partial charge in [0, 0.05) is 25.7 Å². The standard InChI is InChI=1S/C23H30N2O2/c1-4-27-23-11-7-20(8-12-23)21-13-15-25(16-14-21)22-9-5-19(6-10-22)17(2)24-18(3)26/h5-12,17,21H,4,13-16H2,1-3H3,(H,24,26)/t17-/m0/s1. The van der Waals surface area contributed by atoms with E-state index < -0.39 is 0 Å². The Morgan fingerprint density at radius 3 is 2.30 bits per heavy atom. The Kier molecular flexibility index (Phi) is 6.38. The summed E-state index contributed by atoms with van der Waals surface area (Å²) in [4.78, 5) is 13.7. The number of nitrogens with one attached hydrogen (secondary N) is 1. The zero-order valence-corrected chi connectivity index (χ0v) is 16.6. The first-order valence-corrected chi connectivity index (χ1v) is 9.91. The number of hydrogen-bond acceptors (Lipinski definition) is 3. The van der Waals surface area contributed by atoms with Gasteiger partial charge in [0.1, 0.15) is 5.75 Å². The van der Waals surface area contributed by atoms with Crippen molar-refractivity contribution < 1.29 is 9.53 Å². The Labute approximate surface area is 162 Å². The number of ether oxygens (including phenoxy) is 1. The van der Waals surface area contributed by atoms with E-state index in [1.165, 1.54) is 11.3 Å². The maximum atomic E-state index is 11.2. The number of amides is 1. The molecule has 0 aromatic heterocycles. The van der Waals surface area contributed by atoms with Gasteiger partial charge in [0.05, 0.1) is 12.6 Å². The molecule has 1 heterocycles. The Balaban J connectivity index is 1.56. The van der Waals surface area contributed by atoms with Crippen molar-refractivity contribution in [1.82, 2.24) is 5.32 Å². The summed E-state index contributed by atoms with van der Waals surface area (Å²) in [7, 11) is 0. The number of rotatable bonds is 6. The van der Waals surface area contributed by atoms with Crippen molar-refractivity contribution in [1.29, 1.82) is 0 Å². The lowest BCUT2D eigenvalue weighted by Gasteiger charge is -2.34. The summed E-state index contributed by atoms with van der Waals surface area (Å²) >= 11 is 0. The second-order valence-corrected chi connectivity index (χ2v) is 7.28. The Morgan fingerprint density at radius 2 is 1.74 bits per heavy atom. The van der Waals surface area contributed by atoms with Gasteiger partial charge in [-0.25, -0.2) is 0 Å². The summed E-state index contributed by atoms with van der Waals surface area (Å²) in [6.07, 6.45) is 2.33. The van der Waals surface area contributed by atoms with Gasteiger partial charge in [0.2, 0.25) is 5.91 Å². The molecule has 0 aliphatic carbocycles. The molecule has 0 spiro atoms. The van der Waals surface area contributed by atoms with Crippen molar-refractivity contribution in [2.45, 2.75) is 45.6 Å². The fraction of sp³-hybridized carbons (Fsp3) is 0.435. The SMILES string of the molecule is CCOc1ccc(C2CCN(c3ccc([C@H](C)NC(C)=O)cc3)CC2)cc1. The molecule has 1 fully saturated rings. The smallest absolute Gasteiger partial charge is 0.217 e. The molecule has 1 amide bonds. The minimum absolute atomic E-state index is 0.00272. The van der Waals surface area contributed by atoms with Crippen molar-refractivity contribution in [2.24, 2.45) is 0 Å². The fourth-order valence-electron chi connectivity index (χ4n) is 3.84. The fourth-order valence-corrected chi connectivity index (χ4v) is 3.84. The van der Waals surface area contributed by atoms with E-state index in [4.69, 9.17) is 4.74 Å². The first-order chi connectivity index (χ1) is 13.1. The molecule has 1 saturated heterocycles. The van der Waals surface area contributed by atoms with Crippen molar-refractivity contribution in [2.75, 3.05) is 24.6 Å². The molecular formula is C23H30N2O2. The predicted octanol–water partition coefficient (Wildman–Crippen LogP) is 4.67. The minimum atomic E-state index is 0.00272. The van der Waals surface area contributed by atoms with Gasteiger partial charge in [0.15, 0.2) is 0 Å². The topological polar surface area (TPSA) is 41.6 Å². The van der Waals surface area contributed by atoms with Gasteiger partial charge in [-0.2, -0.15) is 0 Å². The minimum Gasteiger partial charge on any atom is -0.494 e. The molecule has 1 aliphatic rings. The van der Waals surface area contributed by atoms with Crippen LogP contribution in [0.2, 0.25) is 0 Å². The van der Waals surface area contributed by atoms with Crippen LogP contribution in [0.25, 0.3) is 0 Å². The first kappa shape index (κ1) is 19.3. The van der Waals surface area contributed by atoms with E-state index in [2.05, 4.69) is 58.7 Å². The van der Waals surface area contributed by atoms with E-state index in [0.717, 1.165) is 37.2 Å². The highest BCUT2D eigenvalue weighted by Crippen LogP contribution is 2.31. The van der Waals surface area contributed by atoms with E-state index >= 15 is 0 Å². The van der Waals surface area contributed by atoms with Crippen LogP contribution in [0.15, 0.2) is 48.5 Å². The van der Waals surface area contributed by atoms with E-state index in [0.29, 0.717) is 12.5 Å². The zero-order chi connectivity index (χ0) is 19.2. The second-order valence-electron chi connectivity index (χ2n) is 7.28. The van der Waals surface area contributed by atoms with E-state index in [1.807, 2.05) is 13.8 Å². The molecule has 0 radical (unpaired) electrons. The maximum Gasteiger partial charge on any atom is 0.217 e. The van der Waals surface area contributed by atoms with Crippen LogP contribution in [0.5, 0.6) is 5.75 Å². The zero-order valence-electron chi connectivity index (χ0n) is 16.6. The Morgan fingerprint density at radius 1 is 1.11 bits per heavy atom. The van der Waals surface area contributed by atoms with Crippen LogP contribution in [0.1, 0.15) is 56.7 Å². The molecule has 3 rings (SSSR count). The summed E-state index contributed by atoms with van der Waals surface area (Å²) < 4.78 is 5.54. The lowest BCUT2D eigenvalue weighted by atomic mass is 9.89. The van der Waals surface area contributed by atoms with E-state index in [-0.39, 0.29) is 11.9 Å². The monoisotopic (exact) mass is 366 g/mol. The molecule has 2 aromatic rings. The molecule has 1 atom stereocenters. The molecule has 4 heteroatoms. The number of anilines is 1. The van der Waals surface area contributed by atoms with Gasteiger partial charge in [-0.3, -0.25) is 4.79 Å². The molecule has 0 unspecified atom stereocenters. The number of piperidine rings is 1. The number of nitrogens with zero attached hydrogens (tertiary/aromatic N) is 1. The molecule has 0 bridgehead atoms. The molecular weight excluding hydrogens is 336 g/mol. The van der Waals surface area contributed by atoms with Crippen LogP contribution in [0.3, 0.4) is 0 Å².